The lowest BCUT2D eigenvalue weighted by molar-refractivity contribution is -0.129. The van der Waals surface area contributed by atoms with Gasteiger partial charge in [0.2, 0.25) is 5.90 Å². The fourth-order valence-corrected chi connectivity index (χ4v) is 2.38. The lowest BCUT2D eigenvalue weighted by Crippen LogP contribution is -2.04. The molecule has 0 bridgehead atoms. The third-order valence-electron chi connectivity index (χ3n) is 2.56. The molecule has 0 aliphatic carbocycles. The normalized spacial score (nSPS) is 16.6. The number of aliphatic imine (C=N–C) groups is 1. The molecular weight excluding hydrogens is 282 g/mol. The number of halogens is 1. The van der Waals surface area contributed by atoms with Crippen molar-refractivity contribution in [1.29, 1.82) is 0 Å². The van der Waals surface area contributed by atoms with Crippen molar-refractivity contribution >= 4 is 40.9 Å². The minimum atomic E-state index is -0.434. The topological polar surface area (TPSA) is 38.7 Å². The van der Waals surface area contributed by atoms with Crippen LogP contribution in [-0.4, -0.2) is 11.9 Å². The van der Waals surface area contributed by atoms with Gasteiger partial charge in [-0.2, -0.15) is 11.3 Å². The molecule has 0 saturated heterocycles. The first-order valence-electron chi connectivity index (χ1n) is 5.53. The van der Waals surface area contributed by atoms with E-state index in [1.54, 1.807) is 41.7 Å². The number of nitrogens with zero attached hydrogens (tertiary/aromatic N) is 1. The second-order valence-corrected chi connectivity index (χ2v) is 5.12. The van der Waals surface area contributed by atoms with Crippen molar-refractivity contribution in [3.63, 3.8) is 0 Å². The molecule has 2 heterocycles. The summed E-state index contributed by atoms with van der Waals surface area (Å²) in [7, 11) is 0. The van der Waals surface area contributed by atoms with Gasteiger partial charge in [-0.1, -0.05) is 11.6 Å². The van der Waals surface area contributed by atoms with E-state index in [0.717, 1.165) is 11.1 Å². The molecule has 0 atom stereocenters. The van der Waals surface area contributed by atoms with Gasteiger partial charge in [0.15, 0.2) is 5.70 Å². The molecule has 3 rings (SSSR count). The Hall–Kier alpha value is -1.91. The Bertz CT molecular complexity index is 672. The molecule has 19 heavy (non-hydrogen) atoms. The number of esters is 1. The van der Waals surface area contributed by atoms with Crippen LogP contribution in [0.4, 0.5) is 0 Å². The summed E-state index contributed by atoms with van der Waals surface area (Å²) in [5, 5.41) is 4.51. The fourth-order valence-electron chi connectivity index (χ4n) is 1.64. The van der Waals surface area contributed by atoms with Crippen LogP contribution in [-0.2, 0) is 9.53 Å². The first-order chi connectivity index (χ1) is 9.22. The molecule has 94 valence electrons. The van der Waals surface area contributed by atoms with E-state index in [1.165, 1.54) is 0 Å². The summed E-state index contributed by atoms with van der Waals surface area (Å²) in [6.07, 6.45) is 1.71. The maximum Gasteiger partial charge on any atom is 0.363 e. The largest absolute Gasteiger partial charge is 0.402 e. The molecule has 0 unspecified atom stereocenters. The van der Waals surface area contributed by atoms with Gasteiger partial charge in [0.05, 0.1) is 0 Å². The van der Waals surface area contributed by atoms with E-state index in [-0.39, 0.29) is 0 Å². The molecule has 3 nitrogen and oxygen atoms in total. The van der Waals surface area contributed by atoms with Gasteiger partial charge in [0.25, 0.3) is 0 Å². The van der Waals surface area contributed by atoms with Crippen molar-refractivity contribution < 1.29 is 9.53 Å². The zero-order valence-corrected chi connectivity index (χ0v) is 11.2. The molecule has 1 aromatic carbocycles. The van der Waals surface area contributed by atoms with Crippen LogP contribution in [0.25, 0.3) is 6.08 Å². The Morgan fingerprint density at radius 3 is 2.68 bits per heavy atom. The predicted octanol–water partition coefficient (Wildman–Crippen LogP) is 3.75. The van der Waals surface area contributed by atoms with Gasteiger partial charge >= 0.3 is 5.97 Å². The number of cyclic esters (lactones) is 1. The van der Waals surface area contributed by atoms with Crippen molar-refractivity contribution in [2.24, 2.45) is 4.99 Å². The highest BCUT2D eigenvalue weighted by Gasteiger charge is 2.23. The van der Waals surface area contributed by atoms with Gasteiger partial charge in [-0.05, 0) is 52.7 Å². The van der Waals surface area contributed by atoms with Gasteiger partial charge in [-0.25, -0.2) is 9.79 Å². The summed E-state index contributed by atoms with van der Waals surface area (Å²) in [6.45, 7) is 0. The highest BCUT2D eigenvalue weighted by molar-refractivity contribution is 7.08. The highest BCUT2D eigenvalue weighted by atomic mass is 35.5. The molecule has 0 spiro atoms. The Morgan fingerprint density at radius 2 is 2.00 bits per heavy atom. The van der Waals surface area contributed by atoms with Gasteiger partial charge in [-0.15, -0.1) is 0 Å². The Balaban J connectivity index is 1.93. The number of rotatable bonds is 2. The van der Waals surface area contributed by atoms with Crippen LogP contribution in [0.5, 0.6) is 0 Å². The van der Waals surface area contributed by atoms with Gasteiger partial charge in [0.1, 0.15) is 0 Å². The average molecular weight is 290 g/mol. The van der Waals surface area contributed by atoms with E-state index in [0.29, 0.717) is 16.6 Å². The number of hydrogen-bond acceptors (Lipinski definition) is 4. The molecule has 0 N–H and O–H groups in total. The Kier molecular flexibility index (Phi) is 3.19. The number of thiophene rings is 1. The van der Waals surface area contributed by atoms with Crippen LogP contribution in [0.2, 0.25) is 5.02 Å². The van der Waals surface area contributed by atoms with Gasteiger partial charge in [-0.3, -0.25) is 0 Å². The van der Waals surface area contributed by atoms with Crippen molar-refractivity contribution in [2.75, 3.05) is 0 Å². The molecule has 0 saturated carbocycles. The van der Waals surface area contributed by atoms with Crippen LogP contribution >= 0.6 is 22.9 Å². The number of benzene rings is 1. The molecule has 1 aliphatic heterocycles. The van der Waals surface area contributed by atoms with E-state index < -0.39 is 5.97 Å². The van der Waals surface area contributed by atoms with Crippen LogP contribution in [0, 0.1) is 0 Å². The average Bonchev–Trinajstić information content (AvgIpc) is 3.02. The summed E-state index contributed by atoms with van der Waals surface area (Å²) < 4.78 is 5.15. The lowest BCUT2D eigenvalue weighted by Gasteiger charge is -1.98. The van der Waals surface area contributed by atoms with E-state index in [1.807, 2.05) is 16.8 Å². The predicted molar refractivity (Wildman–Crippen MR) is 76.4 cm³/mol. The number of ether oxygens (including phenoxy) is 1. The lowest BCUT2D eigenvalue weighted by atomic mass is 10.2. The molecule has 0 fully saturated rings. The molecule has 0 amide bonds. The molecule has 0 radical (unpaired) electrons. The van der Waals surface area contributed by atoms with Crippen molar-refractivity contribution in [2.45, 2.75) is 0 Å². The summed E-state index contributed by atoms with van der Waals surface area (Å²) in [4.78, 5) is 15.9. The maximum atomic E-state index is 11.7. The van der Waals surface area contributed by atoms with Crippen LogP contribution in [0.3, 0.4) is 0 Å². The van der Waals surface area contributed by atoms with E-state index in [4.69, 9.17) is 16.3 Å². The quantitative estimate of drug-likeness (QED) is 0.624. The number of hydrogen-bond donors (Lipinski definition) is 0. The summed E-state index contributed by atoms with van der Waals surface area (Å²) in [5.74, 6) is -0.126. The van der Waals surface area contributed by atoms with Gasteiger partial charge in [0, 0.05) is 10.6 Å². The maximum absolute atomic E-state index is 11.7. The second-order valence-electron chi connectivity index (χ2n) is 3.90. The van der Waals surface area contributed by atoms with E-state index >= 15 is 0 Å². The summed E-state index contributed by atoms with van der Waals surface area (Å²) in [6, 6.07) is 8.91. The van der Waals surface area contributed by atoms with Crippen LogP contribution in [0.1, 0.15) is 11.1 Å². The first kappa shape index (κ1) is 12.1. The first-order valence-corrected chi connectivity index (χ1v) is 6.85. The highest BCUT2D eigenvalue weighted by Crippen LogP contribution is 2.20. The van der Waals surface area contributed by atoms with Crippen molar-refractivity contribution in [3.8, 4) is 0 Å². The Morgan fingerprint density at radius 1 is 1.21 bits per heavy atom. The second kappa shape index (κ2) is 4.99. The van der Waals surface area contributed by atoms with Crippen LogP contribution in [0.15, 0.2) is 51.8 Å². The third kappa shape index (κ3) is 2.59. The smallest absolute Gasteiger partial charge is 0.363 e. The third-order valence-corrected chi connectivity index (χ3v) is 3.51. The molecule has 5 heteroatoms. The van der Waals surface area contributed by atoms with Crippen molar-refractivity contribution in [3.05, 3.63) is 62.9 Å². The minimum absolute atomic E-state index is 0.308. The van der Waals surface area contributed by atoms with E-state index in [9.17, 15) is 4.79 Å². The standard InChI is InChI=1S/C14H8ClNO2S/c15-11-3-1-10(2-4-11)13-16-12(14(17)18-13)7-9-5-6-19-8-9/h1-8H. The summed E-state index contributed by atoms with van der Waals surface area (Å²) in [5.41, 5.74) is 1.98. The molecule has 2 aromatic rings. The molecular formula is C14H8ClNO2S. The van der Waals surface area contributed by atoms with E-state index in [2.05, 4.69) is 4.99 Å². The molecule has 1 aromatic heterocycles. The van der Waals surface area contributed by atoms with Gasteiger partial charge < -0.3 is 4.74 Å². The summed E-state index contributed by atoms with van der Waals surface area (Å²) >= 11 is 7.38. The zero-order valence-electron chi connectivity index (χ0n) is 9.67. The Labute approximate surface area is 118 Å². The SMILES string of the molecule is O=C1OC(c2ccc(Cl)cc2)=NC1=Cc1ccsc1. The van der Waals surface area contributed by atoms with Crippen molar-refractivity contribution in [1.82, 2.24) is 0 Å². The fraction of sp³-hybridized carbons (Fsp3) is 0. The van der Waals surface area contributed by atoms with Crippen LogP contribution < -0.4 is 0 Å². The minimum Gasteiger partial charge on any atom is -0.402 e. The number of carbonyl (C=O) groups is 1. The number of carbonyl (C=O) groups excluding carboxylic acids is 1. The molecule has 1 aliphatic rings. The monoisotopic (exact) mass is 289 g/mol. The zero-order chi connectivity index (χ0) is 13.2.